The molecular formula is C15H24N2O4S. The smallest absolute Gasteiger partial charge is 0.267 e. The molecule has 1 amide bonds. The number of ether oxygens (including phenoxy) is 2. The van der Waals surface area contributed by atoms with Gasteiger partial charge in [-0.25, -0.2) is 0 Å². The van der Waals surface area contributed by atoms with Gasteiger partial charge >= 0.3 is 0 Å². The third-order valence-corrected chi connectivity index (χ3v) is 4.57. The zero-order valence-electron chi connectivity index (χ0n) is 13.2. The van der Waals surface area contributed by atoms with Crippen molar-refractivity contribution in [3.05, 3.63) is 16.3 Å². The lowest BCUT2D eigenvalue weighted by molar-refractivity contribution is 0.0111. The number of nitrogens with zero attached hydrogens (tertiary/aromatic N) is 2. The van der Waals surface area contributed by atoms with Gasteiger partial charge in [-0.15, -0.1) is 11.3 Å². The van der Waals surface area contributed by atoms with Gasteiger partial charge in [0.1, 0.15) is 10.6 Å². The SMILES string of the molecule is CCOC[C@@H](O)CN1CCN(C(=O)c2sccc2OC)CC1. The highest BCUT2D eigenvalue weighted by molar-refractivity contribution is 7.12. The molecule has 1 aromatic heterocycles. The molecule has 0 aliphatic carbocycles. The molecule has 0 aromatic carbocycles. The molecule has 0 saturated carbocycles. The van der Waals surface area contributed by atoms with E-state index in [9.17, 15) is 9.90 Å². The van der Waals surface area contributed by atoms with Crippen molar-refractivity contribution in [3.63, 3.8) is 0 Å². The second-order valence-electron chi connectivity index (χ2n) is 5.22. The van der Waals surface area contributed by atoms with Crippen LogP contribution in [0.5, 0.6) is 5.75 Å². The van der Waals surface area contributed by atoms with E-state index in [2.05, 4.69) is 4.90 Å². The molecule has 1 aromatic rings. The zero-order chi connectivity index (χ0) is 15.9. The predicted octanol–water partition coefficient (Wildman–Crippen LogP) is 0.912. The highest BCUT2D eigenvalue weighted by atomic mass is 32.1. The number of β-amino-alcohol motifs (C(OH)–C–C–N with tert-alkyl or cyclic N) is 1. The van der Waals surface area contributed by atoms with E-state index >= 15 is 0 Å². The third kappa shape index (κ3) is 4.42. The summed E-state index contributed by atoms with van der Waals surface area (Å²) in [5, 5.41) is 11.7. The number of aliphatic hydroxyl groups is 1. The maximum Gasteiger partial charge on any atom is 0.267 e. The molecule has 22 heavy (non-hydrogen) atoms. The Balaban J connectivity index is 1.80. The topological polar surface area (TPSA) is 62.2 Å². The molecule has 0 spiro atoms. The number of thiophene rings is 1. The fourth-order valence-corrected chi connectivity index (χ4v) is 3.32. The maximum atomic E-state index is 12.5. The first-order chi connectivity index (χ1) is 10.7. The minimum Gasteiger partial charge on any atom is -0.495 e. The molecule has 1 aliphatic rings. The number of carbonyl (C=O) groups excluding carboxylic acids is 1. The summed E-state index contributed by atoms with van der Waals surface area (Å²) < 4.78 is 10.4. The molecular weight excluding hydrogens is 304 g/mol. The standard InChI is InChI=1S/C15H24N2O4S/c1-3-21-11-12(18)10-16-5-7-17(8-6-16)15(19)14-13(20-2)4-9-22-14/h4,9,12,18H,3,5-8,10-11H2,1-2H3/t12-/m0/s1. The number of hydrogen-bond acceptors (Lipinski definition) is 6. The molecule has 2 heterocycles. The highest BCUT2D eigenvalue weighted by Crippen LogP contribution is 2.26. The van der Waals surface area contributed by atoms with Crippen LogP contribution < -0.4 is 4.74 Å². The van der Waals surface area contributed by atoms with Crippen molar-refractivity contribution in [3.8, 4) is 5.75 Å². The van der Waals surface area contributed by atoms with E-state index in [0.717, 1.165) is 13.1 Å². The average molecular weight is 328 g/mol. The van der Waals surface area contributed by atoms with Gasteiger partial charge in [-0.2, -0.15) is 0 Å². The number of amides is 1. The number of aliphatic hydroxyl groups excluding tert-OH is 1. The van der Waals surface area contributed by atoms with Crippen molar-refractivity contribution in [2.75, 3.05) is 53.0 Å². The fourth-order valence-electron chi connectivity index (χ4n) is 2.50. The molecule has 124 valence electrons. The van der Waals surface area contributed by atoms with E-state index in [4.69, 9.17) is 9.47 Å². The van der Waals surface area contributed by atoms with Crippen LogP contribution in [0.4, 0.5) is 0 Å². The summed E-state index contributed by atoms with van der Waals surface area (Å²) in [6.07, 6.45) is -0.473. The Kier molecular flexibility index (Phi) is 6.63. The lowest BCUT2D eigenvalue weighted by Crippen LogP contribution is -2.50. The summed E-state index contributed by atoms with van der Waals surface area (Å²) in [4.78, 5) is 17.2. The van der Waals surface area contributed by atoms with Gasteiger partial charge in [0.25, 0.3) is 5.91 Å². The molecule has 1 fully saturated rings. The average Bonchev–Trinajstić information content (AvgIpc) is 3.01. The van der Waals surface area contributed by atoms with Gasteiger partial charge in [0.15, 0.2) is 0 Å². The van der Waals surface area contributed by atoms with E-state index in [-0.39, 0.29) is 5.91 Å². The summed E-state index contributed by atoms with van der Waals surface area (Å²) in [5.41, 5.74) is 0. The first kappa shape index (κ1) is 17.2. The van der Waals surface area contributed by atoms with Gasteiger partial charge in [-0.3, -0.25) is 9.69 Å². The van der Waals surface area contributed by atoms with Gasteiger partial charge in [0.2, 0.25) is 0 Å². The van der Waals surface area contributed by atoms with E-state index in [1.807, 2.05) is 23.3 Å². The van der Waals surface area contributed by atoms with Gasteiger partial charge in [-0.1, -0.05) is 0 Å². The lowest BCUT2D eigenvalue weighted by atomic mass is 10.2. The van der Waals surface area contributed by atoms with Crippen LogP contribution in [0.15, 0.2) is 11.4 Å². The van der Waals surface area contributed by atoms with Crippen molar-refractivity contribution in [2.24, 2.45) is 0 Å². The first-order valence-electron chi connectivity index (χ1n) is 7.54. The maximum absolute atomic E-state index is 12.5. The lowest BCUT2D eigenvalue weighted by Gasteiger charge is -2.35. The van der Waals surface area contributed by atoms with Crippen molar-refractivity contribution in [2.45, 2.75) is 13.0 Å². The van der Waals surface area contributed by atoms with Crippen LogP contribution in [0.3, 0.4) is 0 Å². The largest absolute Gasteiger partial charge is 0.495 e. The molecule has 7 heteroatoms. The Labute approximate surface area is 135 Å². The molecule has 1 aliphatic heterocycles. The summed E-state index contributed by atoms with van der Waals surface area (Å²) in [5.74, 6) is 0.672. The number of methoxy groups -OCH3 is 1. The van der Waals surface area contributed by atoms with Gasteiger partial charge < -0.3 is 19.5 Å². The normalized spacial score (nSPS) is 17.5. The van der Waals surface area contributed by atoms with Crippen LogP contribution in [0.25, 0.3) is 0 Å². The van der Waals surface area contributed by atoms with Crippen LogP contribution >= 0.6 is 11.3 Å². The van der Waals surface area contributed by atoms with E-state index < -0.39 is 6.10 Å². The van der Waals surface area contributed by atoms with Crippen LogP contribution in [-0.2, 0) is 4.74 Å². The summed E-state index contributed by atoms with van der Waals surface area (Å²) >= 11 is 1.41. The highest BCUT2D eigenvalue weighted by Gasteiger charge is 2.25. The first-order valence-corrected chi connectivity index (χ1v) is 8.42. The summed E-state index contributed by atoms with van der Waals surface area (Å²) in [6, 6.07) is 1.82. The van der Waals surface area contributed by atoms with Crippen LogP contribution in [0.2, 0.25) is 0 Å². The number of carbonyl (C=O) groups is 1. The number of rotatable bonds is 7. The van der Waals surface area contributed by atoms with Crippen molar-refractivity contribution in [1.29, 1.82) is 0 Å². The van der Waals surface area contributed by atoms with Crippen LogP contribution in [-0.4, -0.2) is 80.0 Å². The number of piperazine rings is 1. The molecule has 1 saturated heterocycles. The van der Waals surface area contributed by atoms with Crippen molar-refractivity contribution >= 4 is 17.2 Å². The van der Waals surface area contributed by atoms with E-state index in [1.54, 1.807) is 7.11 Å². The molecule has 2 rings (SSSR count). The van der Waals surface area contributed by atoms with E-state index in [0.29, 0.717) is 43.5 Å². The van der Waals surface area contributed by atoms with Gasteiger partial charge in [0.05, 0.1) is 19.8 Å². The quantitative estimate of drug-likeness (QED) is 0.806. The Morgan fingerprint density at radius 2 is 2.14 bits per heavy atom. The Morgan fingerprint density at radius 3 is 2.77 bits per heavy atom. The molecule has 1 N–H and O–H groups in total. The fraction of sp³-hybridized carbons (Fsp3) is 0.667. The summed E-state index contributed by atoms with van der Waals surface area (Å²) in [6.45, 7) is 6.35. The number of hydrogen-bond donors (Lipinski definition) is 1. The van der Waals surface area contributed by atoms with E-state index in [1.165, 1.54) is 11.3 Å². The third-order valence-electron chi connectivity index (χ3n) is 3.69. The van der Waals surface area contributed by atoms with Crippen LogP contribution in [0, 0.1) is 0 Å². The predicted molar refractivity (Wildman–Crippen MR) is 85.7 cm³/mol. The van der Waals surface area contributed by atoms with Crippen LogP contribution in [0.1, 0.15) is 16.6 Å². The minimum absolute atomic E-state index is 0.0290. The molecule has 1 atom stereocenters. The van der Waals surface area contributed by atoms with Crippen molar-refractivity contribution < 1.29 is 19.4 Å². The zero-order valence-corrected chi connectivity index (χ0v) is 14.0. The summed E-state index contributed by atoms with van der Waals surface area (Å²) in [7, 11) is 1.58. The monoisotopic (exact) mass is 328 g/mol. The molecule has 6 nitrogen and oxygen atoms in total. The molecule has 0 bridgehead atoms. The second-order valence-corrected chi connectivity index (χ2v) is 6.14. The Morgan fingerprint density at radius 1 is 1.41 bits per heavy atom. The Bertz CT molecular complexity index is 472. The van der Waals surface area contributed by atoms with Gasteiger partial charge in [0, 0.05) is 39.3 Å². The van der Waals surface area contributed by atoms with Crippen molar-refractivity contribution in [1.82, 2.24) is 9.80 Å². The Hall–Kier alpha value is -1.15. The van der Waals surface area contributed by atoms with Gasteiger partial charge in [-0.05, 0) is 18.4 Å². The second kappa shape index (κ2) is 8.47. The molecule has 0 unspecified atom stereocenters. The molecule has 0 radical (unpaired) electrons. The minimum atomic E-state index is -0.473.